The highest BCUT2D eigenvalue weighted by Gasteiger charge is 2.15. The van der Waals surface area contributed by atoms with Gasteiger partial charge in [0.25, 0.3) is 5.91 Å². The smallest absolute Gasteiger partial charge is 0.253 e. The molecule has 18 heavy (non-hydrogen) atoms. The number of hydrogen-bond acceptors (Lipinski definition) is 4. The second-order valence-corrected chi connectivity index (χ2v) is 3.87. The molecule has 0 aliphatic heterocycles. The van der Waals surface area contributed by atoms with Gasteiger partial charge >= 0.3 is 0 Å². The minimum atomic E-state index is -0.552. The van der Waals surface area contributed by atoms with Gasteiger partial charge in [-0.3, -0.25) is 14.9 Å². The van der Waals surface area contributed by atoms with Crippen molar-refractivity contribution in [3.8, 4) is 0 Å². The Morgan fingerprint density at radius 2 is 2.28 bits per heavy atom. The fraction of sp³-hybridized carbons (Fsp3) is 0.273. The molecule has 94 valence electrons. The summed E-state index contributed by atoms with van der Waals surface area (Å²) in [6.07, 6.45) is 2.34. The summed E-state index contributed by atoms with van der Waals surface area (Å²) in [6.45, 7) is 3.51. The number of aromatic nitrogens is 4. The van der Waals surface area contributed by atoms with E-state index in [1.165, 1.54) is 6.20 Å². The minimum absolute atomic E-state index is 0.161. The number of nitrogens with one attached hydrogen (secondary N) is 2. The second-order valence-electron chi connectivity index (χ2n) is 3.87. The van der Waals surface area contributed by atoms with E-state index in [9.17, 15) is 9.18 Å². The van der Waals surface area contributed by atoms with Crippen LogP contribution in [-0.4, -0.2) is 26.1 Å². The number of pyridine rings is 1. The van der Waals surface area contributed by atoms with Gasteiger partial charge < -0.3 is 5.32 Å². The van der Waals surface area contributed by atoms with E-state index < -0.39 is 11.7 Å². The van der Waals surface area contributed by atoms with Crippen LogP contribution in [-0.2, 0) is 0 Å². The number of carbonyl (C=O) groups excluding carboxylic acids is 1. The first kappa shape index (κ1) is 12.2. The molecule has 2 aromatic rings. The Kier molecular flexibility index (Phi) is 3.31. The van der Waals surface area contributed by atoms with E-state index in [1.807, 2.05) is 0 Å². The molecule has 0 aromatic carbocycles. The van der Waals surface area contributed by atoms with Crippen LogP contribution >= 0.6 is 0 Å². The molecule has 1 atom stereocenters. The molecule has 0 saturated heterocycles. The SMILES string of the molecule is Cc1nc([C@@H](C)NC(=O)c2cncc(F)c2)n[nH]1. The summed E-state index contributed by atoms with van der Waals surface area (Å²) < 4.78 is 12.9. The zero-order chi connectivity index (χ0) is 13.1. The second kappa shape index (κ2) is 4.91. The van der Waals surface area contributed by atoms with E-state index in [-0.39, 0.29) is 11.6 Å². The van der Waals surface area contributed by atoms with E-state index in [0.717, 1.165) is 12.3 Å². The topological polar surface area (TPSA) is 83.6 Å². The molecule has 0 saturated carbocycles. The lowest BCUT2D eigenvalue weighted by molar-refractivity contribution is 0.0937. The quantitative estimate of drug-likeness (QED) is 0.854. The van der Waals surface area contributed by atoms with Gasteiger partial charge in [-0.25, -0.2) is 9.37 Å². The molecule has 7 heteroatoms. The molecular formula is C11H12FN5O. The molecule has 0 radical (unpaired) electrons. The molecule has 0 unspecified atom stereocenters. The van der Waals surface area contributed by atoms with Crippen molar-refractivity contribution in [1.29, 1.82) is 0 Å². The van der Waals surface area contributed by atoms with Gasteiger partial charge in [-0.2, -0.15) is 5.10 Å². The van der Waals surface area contributed by atoms with E-state index in [2.05, 4.69) is 25.5 Å². The van der Waals surface area contributed by atoms with Crippen LogP contribution in [0.1, 0.15) is 35.0 Å². The molecule has 0 aliphatic carbocycles. The molecule has 0 spiro atoms. The largest absolute Gasteiger partial charge is 0.342 e. The zero-order valence-corrected chi connectivity index (χ0v) is 9.94. The van der Waals surface area contributed by atoms with Crippen LogP contribution in [0.4, 0.5) is 4.39 Å². The molecule has 2 rings (SSSR count). The first-order valence-corrected chi connectivity index (χ1v) is 5.36. The van der Waals surface area contributed by atoms with Crippen molar-refractivity contribution < 1.29 is 9.18 Å². The van der Waals surface area contributed by atoms with Crippen molar-refractivity contribution in [1.82, 2.24) is 25.5 Å². The molecule has 2 aromatic heterocycles. The van der Waals surface area contributed by atoms with Crippen molar-refractivity contribution >= 4 is 5.91 Å². The summed E-state index contributed by atoms with van der Waals surface area (Å²) >= 11 is 0. The summed E-state index contributed by atoms with van der Waals surface area (Å²) in [5.41, 5.74) is 0.161. The van der Waals surface area contributed by atoms with Gasteiger partial charge in [0.05, 0.1) is 17.8 Å². The Morgan fingerprint density at radius 1 is 1.50 bits per heavy atom. The first-order valence-electron chi connectivity index (χ1n) is 5.36. The number of hydrogen-bond donors (Lipinski definition) is 2. The average molecular weight is 249 g/mol. The van der Waals surface area contributed by atoms with Gasteiger partial charge in [0, 0.05) is 6.20 Å². The standard InChI is InChI=1S/C11H12FN5O/c1-6(10-15-7(2)16-17-10)14-11(18)8-3-9(12)5-13-4-8/h3-6H,1-2H3,(H,14,18)(H,15,16,17)/t6-/m1/s1. The number of amides is 1. The molecular weight excluding hydrogens is 237 g/mol. The van der Waals surface area contributed by atoms with Crippen molar-refractivity contribution in [2.45, 2.75) is 19.9 Å². The normalized spacial score (nSPS) is 12.2. The molecule has 2 heterocycles. The molecule has 0 fully saturated rings. The van der Waals surface area contributed by atoms with Gasteiger partial charge in [-0.15, -0.1) is 0 Å². The highest BCUT2D eigenvalue weighted by atomic mass is 19.1. The molecule has 6 nitrogen and oxygen atoms in total. The van der Waals surface area contributed by atoms with Crippen molar-refractivity contribution in [3.05, 3.63) is 41.5 Å². The fourth-order valence-electron chi connectivity index (χ4n) is 1.43. The van der Waals surface area contributed by atoms with Crippen LogP contribution in [0.15, 0.2) is 18.5 Å². The maximum absolute atomic E-state index is 12.9. The zero-order valence-electron chi connectivity index (χ0n) is 9.94. The lowest BCUT2D eigenvalue weighted by Gasteiger charge is -2.10. The van der Waals surface area contributed by atoms with Gasteiger partial charge in [0.15, 0.2) is 5.82 Å². The number of aryl methyl sites for hydroxylation is 1. The lowest BCUT2D eigenvalue weighted by Crippen LogP contribution is -2.27. The Balaban J connectivity index is 2.08. The van der Waals surface area contributed by atoms with Crippen LogP contribution in [0.3, 0.4) is 0 Å². The Morgan fingerprint density at radius 3 is 2.89 bits per heavy atom. The third-order valence-corrected chi connectivity index (χ3v) is 2.32. The maximum Gasteiger partial charge on any atom is 0.253 e. The van der Waals surface area contributed by atoms with Crippen molar-refractivity contribution in [3.63, 3.8) is 0 Å². The fourth-order valence-corrected chi connectivity index (χ4v) is 1.43. The Labute approximate surface area is 103 Å². The van der Waals surface area contributed by atoms with E-state index in [4.69, 9.17) is 0 Å². The maximum atomic E-state index is 12.9. The summed E-state index contributed by atoms with van der Waals surface area (Å²) in [6, 6.07) is 0.754. The Bertz CT molecular complexity index is 568. The average Bonchev–Trinajstić information content (AvgIpc) is 2.76. The van der Waals surface area contributed by atoms with Crippen LogP contribution in [0, 0.1) is 12.7 Å². The number of halogens is 1. The van der Waals surface area contributed by atoms with E-state index in [0.29, 0.717) is 11.6 Å². The number of aromatic amines is 1. The van der Waals surface area contributed by atoms with Gasteiger partial charge in [0.2, 0.25) is 0 Å². The van der Waals surface area contributed by atoms with E-state index in [1.54, 1.807) is 13.8 Å². The predicted molar refractivity (Wildman–Crippen MR) is 61.2 cm³/mol. The third-order valence-electron chi connectivity index (χ3n) is 2.32. The van der Waals surface area contributed by atoms with Crippen LogP contribution < -0.4 is 5.32 Å². The van der Waals surface area contributed by atoms with E-state index >= 15 is 0 Å². The van der Waals surface area contributed by atoms with Crippen molar-refractivity contribution in [2.24, 2.45) is 0 Å². The molecule has 2 N–H and O–H groups in total. The predicted octanol–water partition coefficient (Wildman–Crippen LogP) is 1.14. The molecule has 1 amide bonds. The highest BCUT2D eigenvalue weighted by molar-refractivity contribution is 5.94. The van der Waals surface area contributed by atoms with Crippen molar-refractivity contribution in [2.75, 3.05) is 0 Å². The number of rotatable bonds is 3. The van der Waals surface area contributed by atoms with Crippen LogP contribution in [0.25, 0.3) is 0 Å². The number of carbonyl (C=O) groups is 1. The summed E-state index contributed by atoms with van der Waals surface area (Å²) in [5.74, 6) is 0.171. The van der Waals surface area contributed by atoms with Gasteiger partial charge in [-0.1, -0.05) is 0 Å². The third kappa shape index (κ3) is 2.68. The first-order chi connectivity index (χ1) is 8.56. The lowest BCUT2D eigenvalue weighted by atomic mass is 10.2. The number of nitrogens with zero attached hydrogens (tertiary/aromatic N) is 3. The Hall–Kier alpha value is -2.31. The van der Waals surface area contributed by atoms with Crippen LogP contribution in [0.2, 0.25) is 0 Å². The van der Waals surface area contributed by atoms with Gasteiger partial charge in [-0.05, 0) is 19.9 Å². The summed E-state index contributed by atoms with van der Waals surface area (Å²) in [4.78, 5) is 19.5. The molecule has 0 aliphatic rings. The molecule has 0 bridgehead atoms. The summed E-state index contributed by atoms with van der Waals surface area (Å²) in [7, 11) is 0. The minimum Gasteiger partial charge on any atom is -0.342 e. The number of H-pyrrole nitrogens is 1. The van der Waals surface area contributed by atoms with Crippen LogP contribution in [0.5, 0.6) is 0 Å². The van der Waals surface area contributed by atoms with Gasteiger partial charge in [0.1, 0.15) is 11.6 Å². The summed E-state index contributed by atoms with van der Waals surface area (Å²) in [5, 5.41) is 9.29. The monoisotopic (exact) mass is 249 g/mol. The highest BCUT2D eigenvalue weighted by Crippen LogP contribution is 2.08.